The molecule has 0 aliphatic heterocycles. The van der Waals surface area contributed by atoms with E-state index in [2.05, 4.69) is 61.5 Å². The lowest BCUT2D eigenvalue weighted by Gasteiger charge is -2.05. The molecule has 0 spiro atoms. The first-order valence-electron chi connectivity index (χ1n) is 7.26. The summed E-state index contributed by atoms with van der Waals surface area (Å²) in [7, 11) is 0. The highest BCUT2D eigenvalue weighted by Gasteiger charge is 2.07. The predicted octanol–water partition coefficient (Wildman–Crippen LogP) is 5.49. The second-order valence-electron chi connectivity index (χ2n) is 5.53. The van der Waals surface area contributed by atoms with Crippen molar-refractivity contribution < 1.29 is 4.42 Å². The molecule has 1 heteroatoms. The highest BCUT2D eigenvalue weighted by atomic mass is 16.3. The van der Waals surface area contributed by atoms with E-state index in [0.717, 1.165) is 17.6 Å². The van der Waals surface area contributed by atoms with Gasteiger partial charge in [-0.05, 0) is 48.2 Å². The summed E-state index contributed by atoms with van der Waals surface area (Å²) in [5.74, 6) is 0. The van der Waals surface area contributed by atoms with E-state index in [9.17, 15) is 0 Å². The third kappa shape index (κ3) is 2.11. The average molecular weight is 272 g/mol. The van der Waals surface area contributed by atoms with Crippen LogP contribution in [0.15, 0.2) is 71.1 Å². The van der Waals surface area contributed by atoms with Crippen LogP contribution in [0.5, 0.6) is 0 Å². The third-order valence-corrected chi connectivity index (χ3v) is 4.10. The Morgan fingerprint density at radius 2 is 1.52 bits per heavy atom. The van der Waals surface area contributed by atoms with Crippen LogP contribution in [0.3, 0.4) is 0 Å². The van der Waals surface area contributed by atoms with Crippen molar-refractivity contribution in [3.05, 3.63) is 83.4 Å². The van der Waals surface area contributed by atoms with E-state index in [1.165, 1.54) is 27.5 Å². The van der Waals surface area contributed by atoms with Gasteiger partial charge in [-0.2, -0.15) is 0 Å². The molecule has 0 saturated carbocycles. The number of hydrogen-bond donors (Lipinski definition) is 0. The first kappa shape index (κ1) is 12.2. The fraction of sp³-hybridized carbons (Fsp3) is 0.100. The van der Waals surface area contributed by atoms with Crippen molar-refractivity contribution in [3.63, 3.8) is 0 Å². The van der Waals surface area contributed by atoms with Crippen LogP contribution >= 0.6 is 0 Å². The van der Waals surface area contributed by atoms with Crippen LogP contribution in [0, 0.1) is 6.92 Å². The van der Waals surface area contributed by atoms with Crippen LogP contribution in [0.1, 0.15) is 16.7 Å². The molecule has 0 N–H and O–H groups in total. The largest absolute Gasteiger partial charge is 0.456 e. The molecule has 0 amide bonds. The lowest BCUT2D eigenvalue weighted by molar-refractivity contribution is 0.669. The van der Waals surface area contributed by atoms with Crippen molar-refractivity contribution in [2.45, 2.75) is 13.3 Å². The summed E-state index contributed by atoms with van der Waals surface area (Å²) in [4.78, 5) is 0. The van der Waals surface area contributed by atoms with Crippen molar-refractivity contribution >= 4 is 21.9 Å². The Bertz CT molecular complexity index is 931. The van der Waals surface area contributed by atoms with Gasteiger partial charge in [-0.25, -0.2) is 0 Å². The highest BCUT2D eigenvalue weighted by molar-refractivity contribution is 6.04. The molecule has 0 saturated heterocycles. The minimum Gasteiger partial charge on any atom is -0.456 e. The molecule has 102 valence electrons. The first-order chi connectivity index (χ1) is 10.3. The quantitative estimate of drug-likeness (QED) is 0.470. The van der Waals surface area contributed by atoms with E-state index in [-0.39, 0.29) is 0 Å². The monoisotopic (exact) mass is 272 g/mol. The zero-order chi connectivity index (χ0) is 14.2. The number of para-hydroxylation sites is 1. The molecule has 0 fully saturated rings. The van der Waals surface area contributed by atoms with E-state index >= 15 is 0 Å². The SMILES string of the molecule is Cc1ccccc1Cc1ccc2oc3ccccc3c2c1. The van der Waals surface area contributed by atoms with Gasteiger partial charge in [0.15, 0.2) is 0 Å². The van der Waals surface area contributed by atoms with Gasteiger partial charge in [0.1, 0.15) is 11.2 Å². The Morgan fingerprint density at radius 3 is 2.43 bits per heavy atom. The Kier molecular flexibility index (Phi) is 2.78. The van der Waals surface area contributed by atoms with Crippen LogP contribution in [0.2, 0.25) is 0 Å². The molecule has 0 radical (unpaired) electrons. The summed E-state index contributed by atoms with van der Waals surface area (Å²) in [5, 5.41) is 2.40. The summed E-state index contributed by atoms with van der Waals surface area (Å²) in [6.07, 6.45) is 0.960. The molecule has 1 nitrogen and oxygen atoms in total. The molecule has 21 heavy (non-hydrogen) atoms. The normalized spacial score (nSPS) is 11.3. The molecule has 0 bridgehead atoms. The van der Waals surface area contributed by atoms with Gasteiger partial charge in [-0.1, -0.05) is 48.5 Å². The van der Waals surface area contributed by atoms with Crippen LogP contribution in [-0.2, 0) is 6.42 Å². The fourth-order valence-electron chi connectivity index (χ4n) is 2.91. The van der Waals surface area contributed by atoms with Crippen LogP contribution < -0.4 is 0 Å². The van der Waals surface area contributed by atoms with Gasteiger partial charge >= 0.3 is 0 Å². The van der Waals surface area contributed by atoms with E-state index in [4.69, 9.17) is 4.42 Å². The van der Waals surface area contributed by atoms with Crippen molar-refractivity contribution in [1.82, 2.24) is 0 Å². The van der Waals surface area contributed by atoms with Gasteiger partial charge in [-0.15, -0.1) is 0 Å². The van der Waals surface area contributed by atoms with Crippen LogP contribution in [-0.4, -0.2) is 0 Å². The molecular formula is C20H16O. The predicted molar refractivity (Wildman–Crippen MR) is 87.7 cm³/mol. The van der Waals surface area contributed by atoms with Crippen molar-refractivity contribution in [1.29, 1.82) is 0 Å². The first-order valence-corrected chi connectivity index (χ1v) is 7.26. The van der Waals surface area contributed by atoms with Gasteiger partial charge in [0.05, 0.1) is 0 Å². The summed E-state index contributed by atoms with van der Waals surface area (Å²) in [5.41, 5.74) is 5.97. The topological polar surface area (TPSA) is 13.1 Å². The van der Waals surface area contributed by atoms with Gasteiger partial charge in [0.25, 0.3) is 0 Å². The standard InChI is InChI=1S/C20H16O/c1-14-6-2-3-7-16(14)12-15-10-11-20-18(13-15)17-8-4-5-9-19(17)21-20/h2-11,13H,12H2,1H3. The maximum absolute atomic E-state index is 5.88. The Hall–Kier alpha value is -2.54. The molecule has 0 unspecified atom stereocenters. The molecule has 0 aliphatic rings. The second-order valence-corrected chi connectivity index (χ2v) is 5.53. The highest BCUT2D eigenvalue weighted by Crippen LogP contribution is 2.29. The van der Waals surface area contributed by atoms with Crippen LogP contribution in [0.25, 0.3) is 21.9 Å². The minimum absolute atomic E-state index is 0.959. The summed E-state index contributed by atoms with van der Waals surface area (Å²) >= 11 is 0. The smallest absolute Gasteiger partial charge is 0.135 e. The lowest BCUT2D eigenvalue weighted by Crippen LogP contribution is -1.90. The zero-order valence-electron chi connectivity index (χ0n) is 12.0. The molecule has 0 aliphatic carbocycles. The van der Waals surface area contributed by atoms with E-state index in [1.54, 1.807) is 0 Å². The summed E-state index contributed by atoms with van der Waals surface area (Å²) in [6.45, 7) is 2.17. The molecule has 0 atom stereocenters. The summed E-state index contributed by atoms with van der Waals surface area (Å²) < 4.78 is 5.88. The average Bonchev–Trinajstić information content (AvgIpc) is 2.88. The molecular weight excluding hydrogens is 256 g/mol. The Labute approximate surface area is 123 Å². The lowest BCUT2D eigenvalue weighted by atomic mass is 9.99. The Morgan fingerprint density at radius 1 is 0.762 bits per heavy atom. The maximum atomic E-state index is 5.88. The number of hydrogen-bond acceptors (Lipinski definition) is 1. The molecule has 3 aromatic carbocycles. The van der Waals surface area contributed by atoms with Gasteiger partial charge in [-0.3, -0.25) is 0 Å². The minimum atomic E-state index is 0.959. The number of aryl methyl sites for hydroxylation is 1. The number of rotatable bonds is 2. The van der Waals surface area contributed by atoms with Crippen molar-refractivity contribution in [2.75, 3.05) is 0 Å². The Balaban J connectivity index is 1.83. The van der Waals surface area contributed by atoms with Crippen molar-refractivity contribution in [3.8, 4) is 0 Å². The number of furan rings is 1. The molecule has 4 rings (SSSR count). The van der Waals surface area contributed by atoms with Crippen LogP contribution in [0.4, 0.5) is 0 Å². The second kappa shape index (κ2) is 4.78. The summed E-state index contributed by atoms with van der Waals surface area (Å²) in [6, 6.07) is 23.3. The molecule has 1 aromatic heterocycles. The molecule has 1 heterocycles. The number of fused-ring (bicyclic) bond motifs is 3. The van der Waals surface area contributed by atoms with E-state index in [1.807, 2.05) is 12.1 Å². The van der Waals surface area contributed by atoms with Crippen molar-refractivity contribution in [2.24, 2.45) is 0 Å². The van der Waals surface area contributed by atoms with Gasteiger partial charge in [0, 0.05) is 10.8 Å². The van der Waals surface area contributed by atoms with Gasteiger partial charge < -0.3 is 4.42 Å². The van der Waals surface area contributed by atoms with E-state index < -0.39 is 0 Å². The van der Waals surface area contributed by atoms with Gasteiger partial charge in [0.2, 0.25) is 0 Å². The van der Waals surface area contributed by atoms with E-state index in [0.29, 0.717) is 0 Å². The molecule has 4 aromatic rings. The maximum Gasteiger partial charge on any atom is 0.135 e. The number of benzene rings is 3. The fourth-order valence-corrected chi connectivity index (χ4v) is 2.91. The zero-order valence-corrected chi connectivity index (χ0v) is 12.0. The third-order valence-electron chi connectivity index (χ3n) is 4.10.